The third-order valence-corrected chi connectivity index (χ3v) is 12.1. The predicted molar refractivity (Wildman–Crippen MR) is 310 cm³/mol. The van der Waals surface area contributed by atoms with E-state index in [0.717, 1.165) is 77.0 Å². The molecule has 0 aromatic heterocycles. The van der Waals surface area contributed by atoms with Gasteiger partial charge in [0.05, 0.1) is 25.4 Å². The second kappa shape index (κ2) is 50.1. The summed E-state index contributed by atoms with van der Waals surface area (Å²) < 4.78 is 17.4. The van der Waals surface area contributed by atoms with E-state index >= 15 is 0 Å². The van der Waals surface area contributed by atoms with Crippen molar-refractivity contribution in [3.05, 3.63) is 158 Å². The molecule has 1 fully saturated rings. The van der Waals surface area contributed by atoms with Crippen LogP contribution in [0.1, 0.15) is 168 Å². The highest BCUT2D eigenvalue weighted by molar-refractivity contribution is 5.80. The number of hydrogen-bond acceptors (Lipinski definition) is 10. The molecule has 0 saturated carbocycles. The monoisotopic (exact) mass is 1040 g/mol. The van der Waals surface area contributed by atoms with Crippen LogP contribution in [-0.2, 0) is 23.8 Å². The molecule has 0 aliphatic carbocycles. The maximum atomic E-state index is 13.4. The Hall–Kier alpha value is -4.72. The van der Waals surface area contributed by atoms with Crippen molar-refractivity contribution in [1.82, 2.24) is 5.32 Å². The van der Waals surface area contributed by atoms with E-state index in [-0.39, 0.29) is 19.4 Å². The molecule has 1 rings (SSSR count). The summed E-state index contributed by atoms with van der Waals surface area (Å²) >= 11 is 0. The van der Waals surface area contributed by atoms with Crippen molar-refractivity contribution >= 4 is 11.9 Å². The van der Waals surface area contributed by atoms with Crippen LogP contribution in [0.2, 0.25) is 0 Å². The van der Waals surface area contributed by atoms with E-state index in [1.165, 1.54) is 38.5 Å². The summed E-state index contributed by atoms with van der Waals surface area (Å²) in [5.41, 5.74) is 0. The number of ether oxygens (including phenoxy) is 3. The second-order valence-corrected chi connectivity index (χ2v) is 18.7. The lowest BCUT2D eigenvalue weighted by Crippen LogP contribution is -2.61. The Kier molecular flexibility index (Phi) is 45.6. The Bertz CT molecular complexity index is 1820. The van der Waals surface area contributed by atoms with Gasteiger partial charge in [-0.2, -0.15) is 0 Å². The Balaban J connectivity index is 2.82. The molecule has 1 amide bonds. The van der Waals surface area contributed by atoms with Crippen molar-refractivity contribution in [2.24, 2.45) is 0 Å². The fourth-order valence-corrected chi connectivity index (χ4v) is 7.65. The zero-order valence-corrected chi connectivity index (χ0v) is 46.1. The van der Waals surface area contributed by atoms with Gasteiger partial charge < -0.3 is 45.1 Å². The first-order valence-electron chi connectivity index (χ1n) is 28.3. The van der Waals surface area contributed by atoms with Gasteiger partial charge in [-0.1, -0.05) is 237 Å². The third-order valence-electron chi connectivity index (χ3n) is 12.1. The number of nitrogens with one attached hydrogen (secondary N) is 1. The van der Waals surface area contributed by atoms with Crippen molar-refractivity contribution in [3.63, 3.8) is 0 Å². The average Bonchev–Trinajstić information content (AvgIpc) is 3.41. The lowest BCUT2D eigenvalue weighted by molar-refractivity contribution is -0.305. The van der Waals surface area contributed by atoms with Crippen LogP contribution in [-0.4, -0.2) is 99.6 Å². The molecule has 1 aliphatic rings. The quantitative estimate of drug-likeness (QED) is 0.0149. The molecular weight excluding hydrogens is 943 g/mol. The first-order valence-corrected chi connectivity index (χ1v) is 28.3. The molecule has 8 unspecified atom stereocenters. The Morgan fingerprint density at radius 2 is 1.03 bits per heavy atom. The maximum Gasteiger partial charge on any atom is 0.306 e. The van der Waals surface area contributed by atoms with Gasteiger partial charge in [0.15, 0.2) is 12.4 Å². The molecule has 1 heterocycles. The van der Waals surface area contributed by atoms with Gasteiger partial charge in [-0.25, -0.2) is 0 Å². The first-order chi connectivity index (χ1) is 36.7. The van der Waals surface area contributed by atoms with Crippen molar-refractivity contribution in [3.8, 4) is 0 Å². The molecule has 420 valence electrons. The molecule has 8 atom stereocenters. The summed E-state index contributed by atoms with van der Waals surface area (Å²) in [7, 11) is 0. The molecule has 0 spiro atoms. The number of rotatable bonds is 44. The molecule has 0 aromatic rings. The minimum atomic E-state index is -1.66. The molecule has 0 radical (unpaired) electrons. The van der Waals surface area contributed by atoms with Crippen LogP contribution in [0.5, 0.6) is 0 Å². The lowest BCUT2D eigenvalue weighted by Gasteiger charge is -2.41. The maximum absolute atomic E-state index is 13.4. The van der Waals surface area contributed by atoms with Crippen LogP contribution in [0.25, 0.3) is 0 Å². The highest BCUT2D eigenvalue weighted by Crippen LogP contribution is 2.26. The summed E-state index contributed by atoms with van der Waals surface area (Å²) in [5, 5.41) is 56.7. The third kappa shape index (κ3) is 38.5. The van der Waals surface area contributed by atoms with E-state index < -0.39 is 67.4 Å². The van der Waals surface area contributed by atoms with Gasteiger partial charge in [-0.15, -0.1) is 0 Å². The van der Waals surface area contributed by atoms with Gasteiger partial charge in [0.2, 0.25) is 5.91 Å². The van der Waals surface area contributed by atoms with Crippen LogP contribution >= 0.6 is 0 Å². The SMILES string of the molecule is CC\C=C/C=C/C=C/C=C\C=C\C=C\CCCCC(O)C(=O)NC(COC1OC(CO)C(O)C(O)C1OC(=O)CC/C=C\C/C=C\C/C=C\C/C=C\C/C=C\C/C=C\CC)C(O)/C=C/CCCCCCCCCCC. The van der Waals surface area contributed by atoms with E-state index in [4.69, 9.17) is 14.2 Å². The van der Waals surface area contributed by atoms with Gasteiger partial charge >= 0.3 is 5.97 Å². The summed E-state index contributed by atoms with van der Waals surface area (Å²) in [6.07, 6.45) is 63.0. The van der Waals surface area contributed by atoms with Crippen LogP contribution < -0.4 is 5.32 Å². The number of aliphatic hydroxyl groups is 5. The van der Waals surface area contributed by atoms with E-state index in [2.05, 4.69) is 92.9 Å². The molecule has 6 N–H and O–H groups in total. The molecular formula is C64H99NO10. The van der Waals surface area contributed by atoms with Crippen LogP contribution in [0.15, 0.2) is 158 Å². The van der Waals surface area contributed by atoms with Crippen molar-refractivity contribution in [2.45, 2.75) is 217 Å². The highest BCUT2D eigenvalue weighted by Gasteiger charge is 2.47. The fourth-order valence-electron chi connectivity index (χ4n) is 7.65. The number of carbonyl (C=O) groups excluding carboxylic acids is 2. The molecule has 75 heavy (non-hydrogen) atoms. The summed E-state index contributed by atoms with van der Waals surface area (Å²) in [6.45, 7) is 5.41. The normalized spacial score (nSPS) is 20.5. The summed E-state index contributed by atoms with van der Waals surface area (Å²) in [5.74, 6) is -1.35. The highest BCUT2D eigenvalue weighted by atomic mass is 16.7. The summed E-state index contributed by atoms with van der Waals surface area (Å²) in [6, 6.07) is -1.07. The Morgan fingerprint density at radius 3 is 1.57 bits per heavy atom. The number of allylic oxidation sites excluding steroid dienone is 25. The van der Waals surface area contributed by atoms with E-state index in [1.54, 1.807) is 6.08 Å². The van der Waals surface area contributed by atoms with Crippen LogP contribution in [0, 0.1) is 0 Å². The number of hydrogen-bond donors (Lipinski definition) is 6. The minimum Gasteiger partial charge on any atom is -0.454 e. The lowest BCUT2D eigenvalue weighted by atomic mass is 9.99. The fraction of sp³-hybridized carbons (Fsp3) is 0.562. The zero-order chi connectivity index (χ0) is 54.7. The molecule has 11 nitrogen and oxygen atoms in total. The largest absolute Gasteiger partial charge is 0.454 e. The van der Waals surface area contributed by atoms with E-state index in [0.29, 0.717) is 19.3 Å². The van der Waals surface area contributed by atoms with Gasteiger partial charge in [-0.3, -0.25) is 9.59 Å². The summed E-state index contributed by atoms with van der Waals surface area (Å²) in [4.78, 5) is 26.4. The van der Waals surface area contributed by atoms with E-state index in [1.807, 2.05) is 85.1 Å². The topological polar surface area (TPSA) is 175 Å². The predicted octanol–water partition coefficient (Wildman–Crippen LogP) is 12.8. The number of aliphatic hydroxyl groups excluding tert-OH is 5. The van der Waals surface area contributed by atoms with E-state index in [9.17, 15) is 35.1 Å². The standard InChI is InChI=1S/C64H99NO10/c1-4-7-10-13-16-19-22-24-26-28-29-30-32-34-37-40-43-46-49-52-59(69)75-62-61(71)60(70)58(53-66)74-64(62)73-54-55(56(67)50-47-44-41-38-35-21-18-15-12-9-6-3)65-63(72)57(68)51-48-45-42-39-36-33-31-27-25-23-20-17-14-11-8-5-2/h7-8,10-11,14,16-17,19-20,23-27,29-31,33-34,36-37,39,43,46-47,50,55-58,60-62,64,66-68,70-71H,4-6,9,12-13,15,18,21-22,28,32,35,38,40-42,44-45,48-49,51-54H2,1-3H3,(H,65,72)/b10-7-,11-8-,17-14+,19-16-,23-20+,26-24-,27-25-,30-29-,33-31+,37-34-,39-36+,46-43-,50-47+. The van der Waals surface area contributed by atoms with Gasteiger partial charge in [0.25, 0.3) is 0 Å². The van der Waals surface area contributed by atoms with Crippen molar-refractivity contribution < 1.29 is 49.3 Å². The molecule has 0 aromatic carbocycles. The number of esters is 1. The molecule has 1 saturated heterocycles. The number of unbranched alkanes of at least 4 members (excludes halogenated alkanes) is 11. The minimum absolute atomic E-state index is 0.0180. The first kappa shape index (κ1) is 68.3. The average molecular weight is 1040 g/mol. The smallest absolute Gasteiger partial charge is 0.306 e. The molecule has 11 heteroatoms. The van der Waals surface area contributed by atoms with Gasteiger partial charge in [0.1, 0.15) is 24.4 Å². The van der Waals surface area contributed by atoms with Crippen LogP contribution in [0.4, 0.5) is 0 Å². The molecule has 0 bridgehead atoms. The van der Waals surface area contributed by atoms with Crippen molar-refractivity contribution in [2.75, 3.05) is 13.2 Å². The second-order valence-electron chi connectivity index (χ2n) is 18.7. The zero-order valence-electron chi connectivity index (χ0n) is 46.1. The van der Waals surface area contributed by atoms with Gasteiger partial charge in [0, 0.05) is 6.42 Å². The Morgan fingerprint density at radius 1 is 0.547 bits per heavy atom. The Labute approximate surface area is 453 Å². The number of carbonyl (C=O) groups is 2. The van der Waals surface area contributed by atoms with Gasteiger partial charge in [-0.05, 0) is 83.5 Å². The number of amides is 1. The van der Waals surface area contributed by atoms with Crippen molar-refractivity contribution in [1.29, 1.82) is 0 Å². The molecule has 1 aliphatic heterocycles. The van der Waals surface area contributed by atoms with Crippen LogP contribution in [0.3, 0.4) is 0 Å².